The van der Waals surface area contributed by atoms with Crippen molar-refractivity contribution in [3.8, 4) is 0 Å². The number of aryl methyl sites for hydroxylation is 1. The first-order valence-corrected chi connectivity index (χ1v) is 6.16. The van der Waals surface area contributed by atoms with E-state index in [0.29, 0.717) is 10.5 Å². The Hall–Kier alpha value is -0.410. The van der Waals surface area contributed by atoms with Gasteiger partial charge in [0.25, 0.3) is 0 Å². The van der Waals surface area contributed by atoms with Crippen LogP contribution in [0.4, 0.5) is 4.39 Å². The molecule has 0 aliphatic heterocycles. The average Bonchev–Trinajstić information content (AvgIpc) is 3.03. The molecule has 2 rings (SSSR count). The smallest absolute Gasteiger partial charge is 0.137 e. The molecule has 0 amide bonds. The molecule has 0 bridgehead atoms. The molecule has 1 fully saturated rings. The maximum atomic E-state index is 13.2. The molecule has 2 N–H and O–H groups in total. The van der Waals surface area contributed by atoms with Crippen LogP contribution in [0.15, 0.2) is 22.7 Å². The Morgan fingerprint density at radius 3 is 2.87 bits per heavy atom. The van der Waals surface area contributed by atoms with Crippen LogP contribution < -0.4 is 5.73 Å². The highest BCUT2D eigenvalue weighted by Gasteiger charge is 2.28. The van der Waals surface area contributed by atoms with Crippen molar-refractivity contribution in [1.29, 1.82) is 0 Å². The van der Waals surface area contributed by atoms with E-state index in [4.69, 9.17) is 5.73 Å². The minimum Gasteiger partial charge on any atom is -0.327 e. The first-order valence-electron chi connectivity index (χ1n) is 5.37. The third-order valence-corrected chi connectivity index (χ3v) is 3.89. The lowest BCUT2D eigenvalue weighted by Gasteiger charge is -2.11. The normalized spacial score (nSPS) is 17.8. The minimum atomic E-state index is -0.188. The van der Waals surface area contributed by atoms with Crippen LogP contribution in [-0.2, 0) is 6.42 Å². The first-order chi connectivity index (χ1) is 7.18. The fourth-order valence-electron chi connectivity index (χ4n) is 1.82. The number of nitrogens with two attached hydrogens (primary N) is 1. The largest absolute Gasteiger partial charge is 0.327 e. The van der Waals surface area contributed by atoms with E-state index in [1.54, 1.807) is 6.07 Å². The second kappa shape index (κ2) is 4.62. The van der Waals surface area contributed by atoms with Gasteiger partial charge in [0.1, 0.15) is 5.82 Å². The van der Waals surface area contributed by atoms with Gasteiger partial charge in [0, 0.05) is 6.04 Å². The maximum Gasteiger partial charge on any atom is 0.137 e. The highest BCUT2D eigenvalue weighted by Crippen LogP contribution is 2.33. The summed E-state index contributed by atoms with van der Waals surface area (Å²) in [6, 6.07) is 5.46. The van der Waals surface area contributed by atoms with Crippen LogP contribution in [0.2, 0.25) is 0 Å². The van der Waals surface area contributed by atoms with E-state index >= 15 is 0 Å². The highest BCUT2D eigenvalue weighted by molar-refractivity contribution is 9.10. The lowest BCUT2D eigenvalue weighted by atomic mass is 10.0. The van der Waals surface area contributed by atoms with E-state index in [1.807, 2.05) is 6.07 Å². The number of hydrogen-bond acceptors (Lipinski definition) is 1. The Morgan fingerprint density at radius 1 is 1.47 bits per heavy atom. The molecule has 3 heteroatoms. The van der Waals surface area contributed by atoms with Crippen LogP contribution >= 0.6 is 15.9 Å². The molecule has 0 heterocycles. The van der Waals surface area contributed by atoms with E-state index < -0.39 is 0 Å². The molecule has 0 radical (unpaired) electrons. The standard InChI is InChI=1S/C12H15BrFN/c13-12-9(2-1-3-10(12)14)6-7-11(15)8-4-5-8/h1-3,8,11H,4-7,15H2. The molecule has 0 aromatic heterocycles. The van der Waals surface area contributed by atoms with Crippen molar-refractivity contribution in [2.24, 2.45) is 11.7 Å². The quantitative estimate of drug-likeness (QED) is 0.894. The summed E-state index contributed by atoms with van der Waals surface area (Å²) < 4.78 is 13.8. The van der Waals surface area contributed by atoms with Crippen molar-refractivity contribution in [3.63, 3.8) is 0 Å². The summed E-state index contributed by atoms with van der Waals surface area (Å²) in [6.07, 6.45) is 4.35. The van der Waals surface area contributed by atoms with E-state index in [0.717, 1.165) is 24.3 Å². The molecule has 15 heavy (non-hydrogen) atoms. The van der Waals surface area contributed by atoms with Crippen molar-refractivity contribution in [3.05, 3.63) is 34.1 Å². The van der Waals surface area contributed by atoms with Gasteiger partial charge >= 0.3 is 0 Å². The third kappa shape index (κ3) is 2.79. The summed E-state index contributed by atoms with van der Waals surface area (Å²) >= 11 is 3.27. The molecule has 1 nitrogen and oxygen atoms in total. The maximum absolute atomic E-state index is 13.2. The Balaban J connectivity index is 1.95. The molecule has 1 aliphatic carbocycles. The van der Waals surface area contributed by atoms with E-state index in [9.17, 15) is 4.39 Å². The summed E-state index contributed by atoms with van der Waals surface area (Å²) in [7, 11) is 0. The number of hydrogen-bond donors (Lipinski definition) is 1. The summed E-state index contributed by atoms with van der Waals surface area (Å²) in [5.74, 6) is 0.532. The fourth-order valence-corrected chi connectivity index (χ4v) is 2.29. The number of rotatable bonds is 4. The van der Waals surface area contributed by atoms with E-state index in [2.05, 4.69) is 15.9 Å². The summed E-state index contributed by atoms with van der Waals surface area (Å²) in [5.41, 5.74) is 7.03. The zero-order valence-electron chi connectivity index (χ0n) is 8.55. The predicted octanol–water partition coefficient (Wildman–Crippen LogP) is 3.26. The van der Waals surface area contributed by atoms with Gasteiger partial charge in [-0.05, 0) is 59.2 Å². The fraction of sp³-hybridized carbons (Fsp3) is 0.500. The van der Waals surface area contributed by atoms with E-state index in [-0.39, 0.29) is 5.82 Å². The Labute approximate surface area is 98.0 Å². The lowest BCUT2D eigenvalue weighted by molar-refractivity contribution is 0.547. The van der Waals surface area contributed by atoms with Gasteiger partial charge in [-0.3, -0.25) is 0 Å². The molecule has 0 spiro atoms. The van der Waals surface area contributed by atoms with Crippen LogP contribution in [0.5, 0.6) is 0 Å². The predicted molar refractivity (Wildman–Crippen MR) is 63.1 cm³/mol. The Kier molecular flexibility index (Phi) is 3.42. The highest BCUT2D eigenvalue weighted by atomic mass is 79.9. The van der Waals surface area contributed by atoms with Crippen molar-refractivity contribution in [1.82, 2.24) is 0 Å². The van der Waals surface area contributed by atoms with Crippen LogP contribution in [0.3, 0.4) is 0 Å². The van der Waals surface area contributed by atoms with Gasteiger partial charge in [0.15, 0.2) is 0 Å². The molecule has 1 aromatic carbocycles. The van der Waals surface area contributed by atoms with Gasteiger partial charge < -0.3 is 5.73 Å². The number of benzene rings is 1. The molecule has 1 unspecified atom stereocenters. The summed E-state index contributed by atoms with van der Waals surface area (Å²) in [4.78, 5) is 0. The summed E-state index contributed by atoms with van der Waals surface area (Å²) in [5, 5.41) is 0. The van der Waals surface area contributed by atoms with E-state index in [1.165, 1.54) is 18.9 Å². The van der Waals surface area contributed by atoms with Crippen LogP contribution in [0, 0.1) is 11.7 Å². The zero-order chi connectivity index (χ0) is 10.8. The molecule has 1 aromatic rings. The average molecular weight is 272 g/mol. The van der Waals surface area contributed by atoms with Crippen molar-refractivity contribution < 1.29 is 4.39 Å². The zero-order valence-corrected chi connectivity index (χ0v) is 10.1. The van der Waals surface area contributed by atoms with Gasteiger partial charge in [0.05, 0.1) is 4.47 Å². The van der Waals surface area contributed by atoms with Crippen molar-refractivity contribution in [2.75, 3.05) is 0 Å². The van der Waals surface area contributed by atoms with Gasteiger partial charge in [-0.25, -0.2) is 4.39 Å². The second-order valence-corrected chi connectivity index (χ2v) is 5.05. The number of halogens is 2. The topological polar surface area (TPSA) is 26.0 Å². The van der Waals surface area contributed by atoms with Crippen LogP contribution in [0.25, 0.3) is 0 Å². The van der Waals surface area contributed by atoms with Crippen molar-refractivity contribution in [2.45, 2.75) is 31.7 Å². The molecular formula is C12H15BrFN. The second-order valence-electron chi connectivity index (χ2n) is 4.25. The molecule has 1 saturated carbocycles. The monoisotopic (exact) mass is 271 g/mol. The first kappa shape index (κ1) is 11.1. The Bertz CT molecular complexity index is 349. The van der Waals surface area contributed by atoms with Crippen molar-refractivity contribution >= 4 is 15.9 Å². The van der Waals surface area contributed by atoms with Gasteiger partial charge in [-0.15, -0.1) is 0 Å². The third-order valence-electron chi connectivity index (χ3n) is 3.01. The molecule has 1 atom stereocenters. The van der Waals surface area contributed by atoms with Gasteiger partial charge in [0.2, 0.25) is 0 Å². The van der Waals surface area contributed by atoms with Gasteiger partial charge in [-0.2, -0.15) is 0 Å². The Morgan fingerprint density at radius 2 is 2.20 bits per heavy atom. The minimum absolute atomic E-state index is 0.188. The molecule has 1 aliphatic rings. The lowest BCUT2D eigenvalue weighted by Crippen LogP contribution is -2.22. The van der Waals surface area contributed by atoms with Crippen LogP contribution in [-0.4, -0.2) is 6.04 Å². The summed E-state index contributed by atoms with van der Waals surface area (Å²) in [6.45, 7) is 0. The molecule has 82 valence electrons. The molecular weight excluding hydrogens is 257 g/mol. The molecule has 0 saturated heterocycles. The van der Waals surface area contributed by atoms with Gasteiger partial charge in [-0.1, -0.05) is 12.1 Å². The van der Waals surface area contributed by atoms with Crippen LogP contribution in [0.1, 0.15) is 24.8 Å². The SMILES string of the molecule is NC(CCc1cccc(F)c1Br)C1CC1.